The number of carboxylic acids is 1. The van der Waals surface area contributed by atoms with E-state index in [1.54, 1.807) is 24.3 Å². The zero-order chi connectivity index (χ0) is 21.3. The van der Waals surface area contributed by atoms with Gasteiger partial charge < -0.3 is 15.6 Å². The van der Waals surface area contributed by atoms with Gasteiger partial charge in [-0.2, -0.15) is 5.10 Å². The Hall–Kier alpha value is -2.43. The fourth-order valence-electron chi connectivity index (χ4n) is 2.84. The van der Waals surface area contributed by atoms with Crippen molar-refractivity contribution < 1.29 is 24.2 Å². The van der Waals surface area contributed by atoms with E-state index in [1.807, 2.05) is 0 Å². The van der Waals surface area contributed by atoms with Crippen LogP contribution in [0, 0.1) is 0 Å². The number of amides is 2. The topological polar surface area (TPSA) is 126 Å². The minimum atomic E-state index is -1.30. The quantitative estimate of drug-likeness (QED) is 0.287. The Morgan fingerprint density at radius 3 is 2.62 bits per heavy atom. The molecule has 0 aliphatic carbocycles. The van der Waals surface area contributed by atoms with Crippen molar-refractivity contribution in [3.8, 4) is 5.75 Å². The van der Waals surface area contributed by atoms with Crippen LogP contribution in [0.5, 0.6) is 5.75 Å². The molecule has 3 rings (SSSR count). The van der Waals surface area contributed by atoms with Crippen molar-refractivity contribution in [2.75, 3.05) is 12.4 Å². The molecule has 0 saturated carbocycles. The molecule has 1 aromatic rings. The molecule has 1 fully saturated rings. The first-order chi connectivity index (χ1) is 13.7. The van der Waals surface area contributed by atoms with Gasteiger partial charge in [0.2, 0.25) is 5.91 Å². The normalized spacial score (nSPS) is 21.4. The lowest BCUT2D eigenvalue weighted by Crippen LogP contribution is -2.70. The number of nitrogens with two attached hydrogens (primary N) is 1. The number of nitrogens with zero attached hydrogens (tertiary/aromatic N) is 3. The van der Waals surface area contributed by atoms with Gasteiger partial charge in [-0.25, -0.2) is 9.80 Å². The maximum atomic E-state index is 12.6. The summed E-state index contributed by atoms with van der Waals surface area (Å²) in [5.74, 6) is -1.74. The number of carboxylic acid groups (broad SMARTS) is 1. The maximum absolute atomic E-state index is 12.6. The van der Waals surface area contributed by atoms with E-state index < -0.39 is 29.2 Å². The highest BCUT2D eigenvalue weighted by molar-refractivity contribution is 8.00. The number of hydrogen-bond acceptors (Lipinski definition) is 6. The number of ether oxygens (including phenoxy) is 1. The second-order valence-electron chi connectivity index (χ2n) is 6.11. The fraction of sp³-hybridized carbons (Fsp3) is 0.294. The fourth-order valence-corrected chi connectivity index (χ4v) is 4.55. The van der Waals surface area contributed by atoms with Gasteiger partial charge in [-0.15, -0.1) is 11.8 Å². The van der Waals surface area contributed by atoms with Crippen molar-refractivity contribution in [1.82, 2.24) is 9.91 Å². The van der Waals surface area contributed by atoms with Crippen LogP contribution in [0.3, 0.4) is 0 Å². The predicted octanol–water partition coefficient (Wildman–Crippen LogP) is 1.66. The molecule has 154 valence electrons. The number of carbonyl (C=O) groups is 3. The number of aliphatic carboxylic acids is 1. The van der Waals surface area contributed by atoms with Crippen molar-refractivity contribution in [2.45, 2.75) is 18.3 Å². The van der Waals surface area contributed by atoms with Gasteiger partial charge in [-0.1, -0.05) is 23.2 Å². The Kier molecular flexibility index (Phi) is 6.25. The SMILES string of the molecule is CC(=O)N(/N=C(\N)COc1ccc(Cl)cc1)C1C(=O)N2C(C(=O)O)=C(Cl)CS[C@H]12. The van der Waals surface area contributed by atoms with Gasteiger partial charge in [-0.3, -0.25) is 14.5 Å². The lowest BCUT2D eigenvalue weighted by Gasteiger charge is -2.50. The number of halogens is 2. The van der Waals surface area contributed by atoms with Crippen LogP contribution in [0.25, 0.3) is 0 Å². The summed E-state index contributed by atoms with van der Waals surface area (Å²) >= 11 is 13.0. The molecule has 3 N–H and O–H groups in total. The minimum Gasteiger partial charge on any atom is -0.486 e. The van der Waals surface area contributed by atoms with E-state index in [-0.39, 0.29) is 28.9 Å². The van der Waals surface area contributed by atoms with Gasteiger partial charge in [0.15, 0.2) is 11.9 Å². The van der Waals surface area contributed by atoms with Crippen molar-refractivity contribution >= 4 is 58.6 Å². The zero-order valence-electron chi connectivity index (χ0n) is 15.0. The first kappa shape index (κ1) is 21.3. The van der Waals surface area contributed by atoms with E-state index in [1.165, 1.54) is 18.7 Å². The summed E-state index contributed by atoms with van der Waals surface area (Å²) in [6.45, 7) is 1.11. The number of amidine groups is 1. The summed E-state index contributed by atoms with van der Waals surface area (Å²) in [4.78, 5) is 37.2. The molecule has 2 aliphatic heterocycles. The lowest BCUT2D eigenvalue weighted by molar-refractivity contribution is -0.159. The van der Waals surface area contributed by atoms with Crippen molar-refractivity contribution in [2.24, 2.45) is 10.8 Å². The third-order valence-electron chi connectivity index (χ3n) is 4.12. The maximum Gasteiger partial charge on any atom is 0.353 e. The van der Waals surface area contributed by atoms with Crippen LogP contribution in [-0.4, -0.2) is 62.4 Å². The summed E-state index contributed by atoms with van der Waals surface area (Å²) in [6.07, 6.45) is 0. The number of rotatable bonds is 6. The van der Waals surface area contributed by atoms with E-state index in [0.717, 1.165) is 9.91 Å². The standard InChI is InChI=1S/C17H16Cl2N4O5S/c1-8(24)23(21-12(20)6-28-10-4-2-9(18)3-5-10)14-15(25)22-13(17(26)27)11(19)7-29-16(14)22/h2-5,14,16H,6-7H2,1H3,(H2,20,21)(H,26,27)/t14?,16-/m1/s1. The molecule has 29 heavy (non-hydrogen) atoms. The summed E-state index contributed by atoms with van der Waals surface area (Å²) in [5.41, 5.74) is 5.59. The monoisotopic (exact) mass is 458 g/mol. The largest absolute Gasteiger partial charge is 0.486 e. The molecule has 2 amide bonds. The molecule has 0 spiro atoms. The molecule has 0 aromatic heterocycles. The van der Waals surface area contributed by atoms with Crippen LogP contribution in [0.2, 0.25) is 5.02 Å². The zero-order valence-corrected chi connectivity index (χ0v) is 17.4. The van der Waals surface area contributed by atoms with E-state index in [2.05, 4.69) is 5.10 Å². The second-order valence-corrected chi connectivity index (χ2v) is 8.11. The Bertz CT molecular complexity index is 921. The van der Waals surface area contributed by atoms with Crippen LogP contribution in [0.4, 0.5) is 0 Å². The number of fused-ring (bicyclic) bond motifs is 1. The summed E-state index contributed by atoms with van der Waals surface area (Å²) in [5, 5.41) is 14.3. The Morgan fingerprint density at radius 2 is 2.03 bits per heavy atom. The second kappa shape index (κ2) is 8.52. The highest BCUT2D eigenvalue weighted by atomic mass is 35.5. The number of hydrogen-bond donors (Lipinski definition) is 2. The van der Waals surface area contributed by atoms with Gasteiger partial charge in [0.1, 0.15) is 23.4 Å². The molecule has 1 aromatic carbocycles. The Balaban J connectivity index is 1.74. The highest BCUT2D eigenvalue weighted by Gasteiger charge is 2.57. The molecule has 2 aliphatic rings. The van der Waals surface area contributed by atoms with Crippen LogP contribution in [-0.2, 0) is 14.4 Å². The number of β-lactam (4-membered cyclic amide) rings is 1. The summed E-state index contributed by atoms with van der Waals surface area (Å²) in [6, 6.07) is 5.60. The average molecular weight is 459 g/mol. The smallest absolute Gasteiger partial charge is 0.353 e. The molecule has 0 bridgehead atoms. The lowest BCUT2D eigenvalue weighted by atomic mass is 10.0. The van der Waals surface area contributed by atoms with E-state index in [4.69, 9.17) is 33.7 Å². The molecule has 1 unspecified atom stereocenters. The Morgan fingerprint density at radius 1 is 1.38 bits per heavy atom. The van der Waals surface area contributed by atoms with Crippen LogP contribution in [0.15, 0.2) is 40.1 Å². The third kappa shape index (κ3) is 4.29. The summed E-state index contributed by atoms with van der Waals surface area (Å²) in [7, 11) is 0. The number of carbonyl (C=O) groups excluding carboxylic acids is 2. The van der Waals surface area contributed by atoms with Gasteiger partial charge >= 0.3 is 5.97 Å². The van der Waals surface area contributed by atoms with E-state index >= 15 is 0 Å². The first-order valence-corrected chi connectivity index (χ1v) is 10.1. The third-order valence-corrected chi connectivity index (χ3v) is 6.11. The van der Waals surface area contributed by atoms with Gasteiger partial charge in [0, 0.05) is 17.7 Å². The number of hydrazone groups is 1. The van der Waals surface area contributed by atoms with Crippen LogP contribution in [0.1, 0.15) is 6.92 Å². The van der Waals surface area contributed by atoms with Crippen LogP contribution < -0.4 is 10.5 Å². The van der Waals surface area contributed by atoms with Gasteiger partial charge in [0.05, 0.1) is 5.03 Å². The number of thioether (sulfide) groups is 1. The Labute approximate surface area is 180 Å². The van der Waals surface area contributed by atoms with E-state index in [9.17, 15) is 19.5 Å². The van der Waals surface area contributed by atoms with Crippen molar-refractivity contribution in [3.05, 3.63) is 40.0 Å². The molecule has 9 nitrogen and oxygen atoms in total. The molecule has 1 saturated heterocycles. The average Bonchev–Trinajstić information content (AvgIpc) is 2.66. The number of benzene rings is 1. The molecular weight excluding hydrogens is 443 g/mol. The van der Waals surface area contributed by atoms with Crippen LogP contribution >= 0.6 is 35.0 Å². The van der Waals surface area contributed by atoms with Crippen molar-refractivity contribution in [3.63, 3.8) is 0 Å². The molecule has 2 heterocycles. The minimum absolute atomic E-state index is 0.0331. The molecule has 12 heteroatoms. The van der Waals surface area contributed by atoms with Gasteiger partial charge in [-0.05, 0) is 24.3 Å². The predicted molar refractivity (Wildman–Crippen MR) is 108 cm³/mol. The summed E-state index contributed by atoms with van der Waals surface area (Å²) < 4.78 is 5.48. The molecule has 0 radical (unpaired) electrons. The first-order valence-electron chi connectivity index (χ1n) is 8.28. The van der Waals surface area contributed by atoms with E-state index in [0.29, 0.717) is 10.8 Å². The molecular formula is C17H16Cl2N4O5S. The highest BCUT2D eigenvalue weighted by Crippen LogP contribution is 2.43. The van der Waals surface area contributed by atoms with Crippen molar-refractivity contribution in [1.29, 1.82) is 0 Å². The molecule has 2 atom stereocenters. The van der Waals surface area contributed by atoms with Gasteiger partial charge in [0.25, 0.3) is 5.91 Å².